The third kappa shape index (κ3) is 4.81. The van der Waals surface area contributed by atoms with Gasteiger partial charge in [-0.05, 0) is 70.0 Å². The van der Waals surface area contributed by atoms with Crippen molar-refractivity contribution in [2.75, 3.05) is 19.6 Å². The number of hydrogen-bond donors (Lipinski definition) is 1. The molecule has 0 spiro atoms. The standard InChI is InChI=1S/C20H24Cl2N2O2/c1-13-9-16(14(2)26-13)12-24-7-5-15(6-8-24)11-23-20(25)18-10-17(21)3-4-19(18)22/h3-4,9-10,15H,5-8,11-12H2,1-2H3,(H,23,25). The molecule has 1 aromatic carbocycles. The van der Waals surface area contributed by atoms with Gasteiger partial charge in [0.05, 0.1) is 10.6 Å². The maximum atomic E-state index is 12.3. The number of benzene rings is 1. The van der Waals surface area contributed by atoms with E-state index in [0.29, 0.717) is 28.1 Å². The highest BCUT2D eigenvalue weighted by Crippen LogP contribution is 2.23. The molecular weight excluding hydrogens is 371 g/mol. The lowest BCUT2D eigenvalue weighted by molar-refractivity contribution is 0.0935. The number of likely N-dealkylation sites (tertiary alicyclic amines) is 1. The number of hydrogen-bond acceptors (Lipinski definition) is 3. The Kier molecular flexibility index (Phi) is 6.28. The molecule has 1 N–H and O–H groups in total. The summed E-state index contributed by atoms with van der Waals surface area (Å²) in [5, 5.41) is 3.93. The van der Waals surface area contributed by atoms with Crippen molar-refractivity contribution in [2.45, 2.75) is 33.2 Å². The fraction of sp³-hybridized carbons (Fsp3) is 0.450. The van der Waals surface area contributed by atoms with E-state index in [1.54, 1.807) is 18.2 Å². The van der Waals surface area contributed by atoms with Gasteiger partial charge < -0.3 is 9.73 Å². The van der Waals surface area contributed by atoms with Crippen molar-refractivity contribution in [2.24, 2.45) is 5.92 Å². The number of furan rings is 1. The minimum absolute atomic E-state index is 0.163. The average molecular weight is 395 g/mol. The van der Waals surface area contributed by atoms with Crippen LogP contribution < -0.4 is 5.32 Å². The molecule has 0 saturated carbocycles. The van der Waals surface area contributed by atoms with E-state index < -0.39 is 0 Å². The maximum absolute atomic E-state index is 12.3. The normalized spacial score (nSPS) is 16.0. The Labute approximate surface area is 164 Å². The third-order valence-electron chi connectivity index (χ3n) is 4.97. The Balaban J connectivity index is 1.46. The lowest BCUT2D eigenvalue weighted by Gasteiger charge is -2.31. The van der Waals surface area contributed by atoms with Gasteiger partial charge in [-0.2, -0.15) is 0 Å². The van der Waals surface area contributed by atoms with Crippen LogP contribution in [0, 0.1) is 19.8 Å². The molecule has 1 aliphatic heterocycles. The van der Waals surface area contributed by atoms with E-state index in [-0.39, 0.29) is 5.91 Å². The lowest BCUT2D eigenvalue weighted by atomic mass is 9.96. The van der Waals surface area contributed by atoms with Crippen LogP contribution in [0.2, 0.25) is 10.0 Å². The van der Waals surface area contributed by atoms with Crippen molar-refractivity contribution in [3.8, 4) is 0 Å². The van der Waals surface area contributed by atoms with Gasteiger partial charge in [-0.25, -0.2) is 0 Å². The first-order valence-corrected chi connectivity index (χ1v) is 9.69. The molecule has 2 heterocycles. The summed E-state index contributed by atoms with van der Waals surface area (Å²) in [6.07, 6.45) is 2.14. The number of rotatable bonds is 5. The second kappa shape index (κ2) is 8.47. The summed E-state index contributed by atoms with van der Waals surface area (Å²) in [7, 11) is 0. The Morgan fingerprint density at radius 2 is 1.96 bits per heavy atom. The van der Waals surface area contributed by atoms with Crippen molar-refractivity contribution in [1.82, 2.24) is 10.2 Å². The van der Waals surface area contributed by atoms with E-state index in [1.165, 1.54) is 5.56 Å². The van der Waals surface area contributed by atoms with E-state index in [4.69, 9.17) is 27.6 Å². The molecule has 1 saturated heterocycles. The summed E-state index contributed by atoms with van der Waals surface area (Å²) in [6, 6.07) is 7.06. The minimum Gasteiger partial charge on any atom is -0.466 e. The van der Waals surface area contributed by atoms with E-state index in [9.17, 15) is 4.79 Å². The fourth-order valence-corrected chi connectivity index (χ4v) is 3.81. The zero-order valence-electron chi connectivity index (χ0n) is 15.1. The molecule has 1 aliphatic rings. The van der Waals surface area contributed by atoms with Gasteiger partial charge in [0.25, 0.3) is 5.91 Å². The molecule has 0 atom stereocenters. The number of carbonyl (C=O) groups excluding carboxylic acids is 1. The second-order valence-corrected chi connectivity index (χ2v) is 7.84. The van der Waals surface area contributed by atoms with Crippen molar-refractivity contribution in [3.63, 3.8) is 0 Å². The van der Waals surface area contributed by atoms with Gasteiger partial charge in [0.2, 0.25) is 0 Å². The molecule has 26 heavy (non-hydrogen) atoms. The van der Waals surface area contributed by atoms with Crippen LogP contribution in [0.1, 0.15) is 40.3 Å². The van der Waals surface area contributed by atoms with Crippen LogP contribution in [0.4, 0.5) is 0 Å². The average Bonchev–Trinajstić information content (AvgIpc) is 2.93. The van der Waals surface area contributed by atoms with Crippen molar-refractivity contribution >= 4 is 29.1 Å². The first kappa shape index (κ1) is 19.3. The first-order chi connectivity index (χ1) is 12.4. The largest absolute Gasteiger partial charge is 0.466 e. The molecule has 1 aromatic heterocycles. The zero-order chi connectivity index (χ0) is 18.7. The van der Waals surface area contributed by atoms with Gasteiger partial charge in [0.15, 0.2) is 0 Å². The molecule has 1 fully saturated rings. The number of piperidine rings is 1. The molecule has 3 rings (SSSR count). The van der Waals surface area contributed by atoms with Crippen LogP contribution in [-0.2, 0) is 6.54 Å². The number of nitrogens with one attached hydrogen (secondary N) is 1. The third-order valence-corrected chi connectivity index (χ3v) is 5.53. The summed E-state index contributed by atoms with van der Waals surface area (Å²) in [4.78, 5) is 14.8. The van der Waals surface area contributed by atoms with Gasteiger partial charge in [-0.15, -0.1) is 0 Å². The van der Waals surface area contributed by atoms with Crippen LogP contribution in [0.3, 0.4) is 0 Å². The summed E-state index contributed by atoms with van der Waals surface area (Å²) in [5.74, 6) is 2.30. The van der Waals surface area contributed by atoms with Gasteiger partial charge in [0.1, 0.15) is 11.5 Å². The number of amides is 1. The fourth-order valence-electron chi connectivity index (χ4n) is 3.43. The molecule has 0 unspecified atom stereocenters. The molecular formula is C20H24Cl2N2O2. The molecule has 1 amide bonds. The lowest BCUT2D eigenvalue weighted by Crippen LogP contribution is -2.38. The Morgan fingerprint density at radius 3 is 2.62 bits per heavy atom. The predicted octanol–water partition coefficient (Wildman–Crippen LogP) is 4.85. The highest BCUT2D eigenvalue weighted by Gasteiger charge is 2.21. The van der Waals surface area contributed by atoms with Crippen LogP contribution >= 0.6 is 23.2 Å². The molecule has 0 aliphatic carbocycles. The maximum Gasteiger partial charge on any atom is 0.252 e. The van der Waals surface area contributed by atoms with Crippen LogP contribution in [-0.4, -0.2) is 30.4 Å². The number of carbonyl (C=O) groups is 1. The van der Waals surface area contributed by atoms with Crippen molar-refractivity contribution in [3.05, 3.63) is 57.0 Å². The first-order valence-electron chi connectivity index (χ1n) is 8.94. The van der Waals surface area contributed by atoms with Gasteiger partial charge >= 0.3 is 0 Å². The van der Waals surface area contributed by atoms with Crippen LogP contribution in [0.25, 0.3) is 0 Å². The summed E-state index contributed by atoms with van der Waals surface area (Å²) < 4.78 is 5.61. The molecule has 2 aromatic rings. The Bertz CT molecular complexity index is 780. The van der Waals surface area contributed by atoms with Gasteiger partial charge in [0, 0.05) is 23.7 Å². The molecule has 4 nitrogen and oxygen atoms in total. The molecule has 6 heteroatoms. The molecule has 0 bridgehead atoms. The second-order valence-electron chi connectivity index (χ2n) is 6.99. The van der Waals surface area contributed by atoms with E-state index in [1.807, 2.05) is 13.8 Å². The molecule has 0 radical (unpaired) electrons. The van der Waals surface area contributed by atoms with Gasteiger partial charge in [-0.1, -0.05) is 23.2 Å². The number of nitrogens with zero attached hydrogens (tertiary/aromatic N) is 1. The summed E-state index contributed by atoms with van der Waals surface area (Å²) in [5.41, 5.74) is 1.70. The highest BCUT2D eigenvalue weighted by atomic mass is 35.5. The Morgan fingerprint density at radius 1 is 1.23 bits per heavy atom. The summed E-state index contributed by atoms with van der Waals surface area (Å²) >= 11 is 12.0. The van der Waals surface area contributed by atoms with E-state index in [2.05, 4.69) is 16.3 Å². The zero-order valence-corrected chi connectivity index (χ0v) is 16.7. The van der Waals surface area contributed by atoms with Crippen LogP contribution in [0.15, 0.2) is 28.7 Å². The minimum atomic E-state index is -0.163. The predicted molar refractivity (Wildman–Crippen MR) is 105 cm³/mol. The topological polar surface area (TPSA) is 45.5 Å². The highest BCUT2D eigenvalue weighted by molar-refractivity contribution is 6.35. The smallest absolute Gasteiger partial charge is 0.252 e. The SMILES string of the molecule is Cc1cc(CN2CCC(CNC(=O)c3cc(Cl)ccc3Cl)CC2)c(C)o1. The van der Waals surface area contributed by atoms with E-state index in [0.717, 1.165) is 44.0 Å². The van der Waals surface area contributed by atoms with Crippen LogP contribution in [0.5, 0.6) is 0 Å². The van der Waals surface area contributed by atoms with Crippen molar-refractivity contribution < 1.29 is 9.21 Å². The number of aryl methyl sites for hydroxylation is 2. The van der Waals surface area contributed by atoms with Gasteiger partial charge in [-0.3, -0.25) is 9.69 Å². The van der Waals surface area contributed by atoms with E-state index >= 15 is 0 Å². The summed E-state index contributed by atoms with van der Waals surface area (Å²) in [6.45, 7) is 7.66. The quantitative estimate of drug-likeness (QED) is 0.788. The monoisotopic (exact) mass is 394 g/mol. The van der Waals surface area contributed by atoms with Crippen molar-refractivity contribution in [1.29, 1.82) is 0 Å². The number of halogens is 2. The molecule has 140 valence electrons. The Hall–Kier alpha value is -1.49.